The Morgan fingerprint density at radius 1 is 0.361 bits per heavy atom. The molecule has 0 aromatic heterocycles. The van der Waals surface area contributed by atoms with Crippen molar-refractivity contribution in [3.63, 3.8) is 0 Å². The Morgan fingerprint density at radius 2 is 0.667 bits per heavy atom. The Labute approximate surface area is 179 Å². The number of hydrogen-bond donors (Lipinski definition) is 0. The first-order valence-electron chi connectivity index (χ1n) is 7.13. The summed E-state index contributed by atoms with van der Waals surface area (Å²) in [6, 6.07) is 0. The van der Waals surface area contributed by atoms with Gasteiger partial charge >= 0.3 is 60.8 Å². The maximum atomic E-state index is 13.2. The number of alkyl halides is 19. The molecule has 0 aromatic rings. The van der Waals surface area contributed by atoms with E-state index >= 15 is 0 Å². The third-order valence-electron chi connectivity index (χ3n) is 3.04. The van der Waals surface area contributed by atoms with Gasteiger partial charge in [-0.3, -0.25) is 0 Å². The van der Waals surface area contributed by atoms with Crippen molar-refractivity contribution in [3.05, 3.63) is 11.9 Å². The Morgan fingerprint density at radius 3 is 0.972 bits per heavy atom. The van der Waals surface area contributed by atoms with Crippen LogP contribution < -0.4 is 0 Å². The summed E-state index contributed by atoms with van der Waals surface area (Å²) >= 11 is 0. The smallest absolute Gasteiger partial charge is 0.243 e. The number of rotatable bonds is 11. The Balaban J connectivity index is 6.41. The van der Waals surface area contributed by atoms with Crippen molar-refractivity contribution in [2.45, 2.75) is 54.7 Å². The normalized spacial score (nSPS) is 15.8. The van der Waals surface area contributed by atoms with Gasteiger partial charge in [0, 0.05) is 0 Å². The van der Waals surface area contributed by atoms with Gasteiger partial charge in [0.2, 0.25) is 0 Å². The van der Waals surface area contributed by atoms with Crippen molar-refractivity contribution >= 4 is 0 Å². The highest BCUT2D eigenvalue weighted by molar-refractivity contribution is 5.05. The number of hydrogen-bond acceptors (Lipinski definition) is 3. The van der Waals surface area contributed by atoms with E-state index in [0.29, 0.717) is 0 Å². The Hall–Kier alpha value is -1.92. The molecule has 0 heterocycles. The van der Waals surface area contributed by atoms with E-state index in [1.54, 1.807) is 0 Å². The minimum Gasteiger partial charge on any atom is -0.243 e. The van der Waals surface area contributed by atoms with Crippen LogP contribution in [0.15, 0.2) is 11.9 Å². The fourth-order valence-corrected chi connectivity index (χ4v) is 1.43. The van der Waals surface area contributed by atoms with Crippen LogP contribution in [0.5, 0.6) is 0 Å². The molecule has 0 amide bonds. The molecule has 0 saturated carbocycles. The predicted octanol–water partition coefficient (Wildman–Crippen LogP) is 7.50. The van der Waals surface area contributed by atoms with Crippen molar-refractivity contribution in [2.75, 3.05) is 0 Å². The molecule has 0 fully saturated rings. The van der Waals surface area contributed by atoms with Crippen LogP contribution in [0, 0.1) is 0 Å². The predicted molar refractivity (Wildman–Crippen MR) is 59.2 cm³/mol. The largest absolute Gasteiger partial charge is 0.527 e. The second-order valence-electron chi connectivity index (χ2n) is 5.63. The second kappa shape index (κ2) is 9.13. The minimum absolute atomic E-state index is 1.06. The SMILES string of the molecule is FC(F)=C(F)C(F)(F)OC(F)(F)C(F)(F)OC(F)(F)C(F)(F)C(F)(F)C(F)(F)C(F)(F)OC(F)(F)F. The van der Waals surface area contributed by atoms with Gasteiger partial charge in [-0.25, -0.2) is 14.2 Å². The van der Waals surface area contributed by atoms with E-state index in [2.05, 4.69) is 0 Å². The van der Waals surface area contributed by atoms with Crippen molar-refractivity contribution in [1.29, 1.82) is 0 Å². The highest BCUT2D eigenvalue weighted by Gasteiger charge is 2.90. The number of halogens is 22. The van der Waals surface area contributed by atoms with Crippen molar-refractivity contribution in [1.82, 2.24) is 0 Å². The minimum atomic E-state index is -8.71. The molecule has 0 spiro atoms. The second-order valence-corrected chi connectivity index (χ2v) is 5.63. The lowest BCUT2D eigenvalue weighted by molar-refractivity contribution is -0.548. The fourth-order valence-electron chi connectivity index (χ4n) is 1.43. The van der Waals surface area contributed by atoms with Gasteiger partial charge in [-0.2, -0.15) is 83.4 Å². The third-order valence-corrected chi connectivity index (χ3v) is 3.04. The van der Waals surface area contributed by atoms with Crippen molar-refractivity contribution in [3.8, 4) is 0 Å². The van der Waals surface area contributed by atoms with Crippen LogP contribution in [0.3, 0.4) is 0 Å². The van der Waals surface area contributed by atoms with Crippen LogP contribution in [-0.2, 0) is 14.2 Å². The zero-order chi connectivity index (χ0) is 29.8. The summed E-state index contributed by atoms with van der Waals surface area (Å²) in [7, 11) is 0. The van der Waals surface area contributed by atoms with E-state index in [-0.39, 0.29) is 0 Å². The van der Waals surface area contributed by atoms with Gasteiger partial charge in [-0.05, 0) is 0 Å². The topological polar surface area (TPSA) is 27.7 Å². The monoisotopic (exact) mass is 598 g/mol. The van der Waals surface area contributed by atoms with Gasteiger partial charge in [0.1, 0.15) is 0 Å². The summed E-state index contributed by atoms with van der Waals surface area (Å²) in [6.45, 7) is 0. The lowest BCUT2D eigenvalue weighted by Crippen LogP contribution is -2.69. The standard InChI is InChI=1S/C11F22O3/c12-1(2(13)14)3(15,16)34-9(27,28)10(29,30)35-7(23,24)5(19,20)4(17,18)6(21,22)8(25,26)36-11(31,32)33. The zero-order valence-corrected chi connectivity index (χ0v) is 15.0. The third kappa shape index (κ3) is 6.13. The quantitative estimate of drug-likeness (QED) is 0.231. The molecule has 0 aliphatic rings. The van der Waals surface area contributed by atoms with E-state index in [4.69, 9.17) is 0 Å². The lowest BCUT2D eigenvalue weighted by atomic mass is 10.0. The molecule has 3 nitrogen and oxygen atoms in total. The maximum Gasteiger partial charge on any atom is 0.527 e. The van der Waals surface area contributed by atoms with Crippen LogP contribution in [0.2, 0.25) is 0 Å². The molecule has 0 aromatic carbocycles. The van der Waals surface area contributed by atoms with E-state index in [9.17, 15) is 96.6 Å². The van der Waals surface area contributed by atoms with Gasteiger partial charge in [0.15, 0.2) is 0 Å². The first kappa shape index (κ1) is 34.1. The Kier molecular flexibility index (Phi) is 8.64. The molecular formula is C11F22O3. The first-order valence-corrected chi connectivity index (χ1v) is 7.13. The van der Waals surface area contributed by atoms with Crippen LogP contribution in [0.25, 0.3) is 0 Å². The van der Waals surface area contributed by atoms with Crippen LogP contribution in [0.4, 0.5) is 96.6 Å². The van der Waals surface area contributed by atoms with Crippen LogP contribution >= 0.6 is 0 Å². The van der Waals surface area contributed by atoms with E-state index in [1.165, 1.54) is 4.74 Å². The molecule has 0 atom stereocenters. The molecule has 216 valence electrons. The van der Waals surface area contributed by atoms with Gasteiger partial charge in [0.05, 0.1) is 0 Å². The van der Waals surface area contributed by atoms with Gasteiger partial charge in [-0.15, -0.1) is 13.2 Å². The zero-order valence-electron chi connectivity index (χ0n) is 15.0. The van der Waals surface area contributed by atoms with Crippen LogP contribution in [0.1, 0.15) is 0 Å². The molecule has 36 heavy (non-hydrogen) atoms. The summed E-state index contributed by atoms with van der Waals surface area (Å²) in [6.07, 6.45) is -50.3. The van der Waals surface area contributed by atoms with Gasteiger partial charge in [0.25, 0.3) is 5.83 Å². The van der Waals surface area contributed by atoms with Crippen LogP contribution in [-0.4, -0.2) is 54.7 Å². The molecule has 0 rings (SSSR count). The van der Waals surface area contributed by atoms with Crippen molar-refractivity contribution < 1.29 is 111 Å². The van der Waals surface area contributed by atoms with E-state index < -0.39 is 66.6 Å². The molecule has 0 radical (unpaired) electrons. The fraction of sp³-hybridized carbons (Fsp3) is 0.818. The summed E-state index contributed by atoms with van der Waals surface area (Å²) in [5, 5.41) is 0. The molecular weight excluding hydrogens is 598 g/mol. The average Bonchev–Trinajstić information content (AvgIpc) is 2.56. The lowest BCUT2D eigenvalue weighted by Gasteiger charge is -2.39. The highest BCUT2D eigenvalue weighted by Crippen LogP contribution is 2.59. The molecule has 0 bridgehead atoms. The molecule has 0 aliphatic heterocycles. The summed E-state index contributed by atoms with van der Waals surface area (Å²) in [5.41, 5.74) is 0. The van der Waals surface area contributed by atoms with Gasteiger partial charge < -0.3 is 0 Å². The first-order chi connectivity index (χ1) is 15.2. The number of ether oxygens (including phenoxy) is 3. The summed E-state index contributed by atoms with van der Waals surface area (Å²) in [5.74, 6) is -30.3. The highest BCUT2D eigenvalue weighted by atomic mass is 19.4. The molecule has 0 saturated heterocycles. The van der Waals surface area contributed by atoms with Gasteiger partial charge in [-0.1, -0.05) is 0 Å². The molecule has 0 unspecified atom stereocenters. The summed E-state index contributed by atoms with van der Waals surface area (Å²) in [4.78, 5) is 0. The maximum absolute atomic E-state index is 13.2. The average molecular weight is 598 g/mol. The molecule has 0 aliphatic carbocycles. The molecule has 0 N–H and O–H groups in total. The van der Waals surface area contributed by atoms with Crippen molar-refractivity contribution in [2.24, 2.45) is 0 Å². The molecule has 25 heteroatoms. The van der Waals surface area contributed by atoms with E-state index in [0.717, 1.165) is 9.47 Å². The van der Waals surface area contributed by atoms with E-state index in [1.807, 2.05) is 0 Å². The summed E-state index contributed by atoms with van der Waals surface area (Å²) < 4.78 is 282. The Bertz CT molecular complexity index is 820.